The van der Waals surface area contributed by atoms with Gasteiger partial charge < -0.3 is 24.8 Å². The second-order valence-corrected chi connectivity index (χ2v) is 11.3. The number of ether oxygens (including phenoxy) is 3. The first-order chi connectivity index (χ1) is 21.1. The van der Waals surface area contributed by atoms with E-state index in [0.29, 0.717) is 54.1 Å². The number of amides is 1. The van der Waals surface area contributed by atoms with Gasteiger partial charge in [0.2, 0.25) is 0 Å². The molecule has 0 fully saturated rings. The third-order valence-electron chi connectivity index (χ3n) is 6.15. The molecular weight excluding hydrogens is 670 g/mol. The monoisotopic (exact) mass is 694 g/mol. The van der Waals surface area contributed by atoms with Crippen molar-refractivity contribution in [2.75, 3.05) is 13.2 Å². The lowest BCUT2D eigenvalue weighted by atomic mass is 9.95. The number of benzene rings is 3. The molecular formula is C30H26Cl4N4O5S. The number of nitrogens with one attached hydrogen (secondary N) is 3. The predicted octanol–water partition coefficient (Wildman–Crippen LogP) is 6.76. The molecule has 44 heavy (non-hydrogen) atoms. The van der Waals surface area contributed by atoms with Crippen LogP contribution in [0.15, 0.2) is 71.0 Å². The zero-order chi connectivity index (χ0) is 31.8. The molecule has 0 unspecified atom stereocenters. The molecule has 4 rings (SSSR count). The molecule has 0 aliphatic carbocycles. The molecule has 3 aromatic carbocycles. The van der Waals surface area contributed by atoms with Crippen LogP contribution in [-0.2, 0) is 20.9 Å². The zero-order valence-corrected chi connectivity index (χ0v) is 27.2. The van der Waals surface area contributed by atoms with E-state index in [1.54, 1.807) is 62.4 Å². The van der Waals surface area contributed by atoms with E-state index in [4.69, 9.17) is 72.8 Å². The molecule has 1 atom stereocenters. The molecule has 0 bridgehead atoms. The van der Waals surface area contributed by atoms with Crippen LogP contribution in [0.4, 0.5) is 0 Å². The molecule has 1 aliphatic heterocycles. The zero-order valence-electron chi connectivity index (χ0n) is 23.4. The first-order valence-electron chi connectivity index (χ1n) is 13.1. The van der Waals surface area contributed by atoms with E-state index in [0.717, 1.165) is 5.56 Å². The van der Waals surface area contributed by atoms with E-state index in [-0.39, 0.29) is 24.8 Å². The van der Waals surface area contributed by atoms with Crippen molar-refractivity contribution in [2.24, 2.45) is 5.10 Å². The third-order valence-corrected chi connectivity index (χ3v) is 7.61. The van der Waals surface area contributed by atoms with Gasteiger partial charge >= 0.3 is 5.97 Å². The van der Waals surface area contributed by atoms with Gasteiger partial charge in [0.05, 0.1) is 39.5 Å². The predicted molar refractivity (Wildman–Crippen MR) is 176 cm³/mol. The Balaban J connectivity index is 1.44. The number of hydrogen-bond acceptors (Lipinski definition) is 7. The maximum Gasteiger partial charge on any atom is 0.338 e. The van der Waals surface area contributed by atoms with Gasteiger partial charge in [-0.2, -0.15) is 5.10 Å². The molecule has 1 heterocycles. The number of carbonyl (C=O) groups is 2. The van der Waals surface area contributed by atoms with Gasteiger partial charge in [-0.05, 0) is 62.0 Å². The Morgan fingerprint density at radius 2 is 1.80 bits per heavy atom. The summed E-state index contributed by atoms with van der Waals surface area (Å²) in [7, 11) is 0. The van der Waals surface area contributed by atoms with Gasteiger partial charge in [0.15, 0.2) is 11.7 Å². The maximum absolute atomic E-state index is 12.8. The second-order valence-electron chi connectivity index (χ2n) is 9.25. The van der Waals surface area contributed by atoms with Crippen molar-refractivity contribution in [1.29, 1.82) is 0 Å². The summed E-state index contributed by atoms with van der Waals surface area (Å²) >= 11 is 30.0. The number of halogens is 4. The summed E-state index contributed by atoms with van der Waals surface area (Å²) in [6.45, 7) is 3.43. The first-order valence-corrected chi connectivity index (χ1v) is 15.0. The lowest BCUT2D eigenvalue weighted by Gasteiger charge is -2.30. The quantitative estimate of drug-likeness (QED) is 0.0874. The fourth-order valence-corrected chi connectivity index (χ4v) is 5.38. The Morgan fingerprint density at radius 1 is 1.02 bits per heavy atom. The van der Waals surface area contributed by atoms with E-state index in [1.807, 2.05) is 0 Å². The number of para-hydroxylation sites is 1. The van der Waals surface area contributed by atoms with Crippen LogP contribution in [0, 0.1) is 0 Å². The highest BCUT2D eigenvalue weighted by Gasteiger charge is 2.32. The maximum atomic E-state index is 12.8. The van der Waals surface area contributed by atoms with E-state index < -0.39 is 17.9 Å². The summed E-state index contributed by atoms with van der Waals surface area (Å²) in [6.07, 6.45) is 1.35. The van der Waals surface area contributed by atoms with Crippen LogP contribution in [0.5, 0.6) is 11.5 Å². The average molecular weight is 696 g/mol. The standard InChI is InChI=1S/C30H26Cl4N4O5S/c1-3-41-29(40)26-16(2)36-30(44)37-27(26)20-6-4-5-7-24(20)42-15-25(39)38-35-13-18-11-19(31)12-23(34)28(18)43-14-17-8-9-21(32)22(33)10-17/h4-13,27H,3,14-15H2,1-2H3,(H,38,39)(H2,36,37,44)/t27-/m0/s1. The van der Waals surface area contributed by atoms with Gasteiger partial charge in [-0.25, -0.2) is 10.2 Å². The molecule has 3 aromatic rings. The van der Waals surface area contributed by atoms with Crippen molar-refractivity contribution in [3.05, 3.63) is 103 Å². The van der Waals surface area contributed by atoms with Crippen molar-refractivity contribution in [1.82, 2.24) is 16.1 Å². The van der Waals surface area contributed by atoms with Crippen molar-refractivity contribution in [3.63, 3.8) is 0 Å². The fraction of sp³-hybridized carbons (Fsp3) is 0.200. The Morgan fingerprint density at radius 3 is 2.55 bits per heavy atom. The lowest BCUT2D eigenvalue weighted by molar-refractivity contribution is -0.139. The molecule has 14 heteroatoms. The summed E-state index contributed by atoms with van der Waals surface area (Å²) in [5.41, 5.74) is 5.10. The van der Waals surface area contributed by atoms with Crippen molar-refractivity contribution >= 4 is 81.8 Å². The molecule has 1 aliphatic rings. The topological polar surface area (TPSA) is 110 Å². The Bertz CT molecular complexity index is 1650. The largest absolute Gasteiger partial charge is 0.487 e. The molecule has 0 saturated carbocycles. The molecule has 0 spiro atoms. The van der Waals surface area contributed by atoms with Gasteiger partial charge in [0, 0.05) is 21.8 Å². The van der Waals surface area contributed by atoms with Crippen LogP contribution in [0.25, 0.3) is 0 Å². The number of allylic oxidation sites excluding steroid dienone is 1. The molecule has 230 valence electrons. The molecule has 9 nitrogen and oxygen atoms in total. The number of carbonyl (C=O) groups excluding carboxylic acids is 2. The van der Waals surface area contributed by atoms with Gasteiger partial charge in [-0.3, -0.25) is 4.79 Å². The Labute approximate surface area is 279 Å². The second kappa shape index (κ2) is 15.5. The van der Waals surface area contributed by atoms with Gasteiger partial charge in [-0.1, -0.05) is 70.7 Å². The van der Waals surface area contributed by atoms with Gasteiger partial charge in [0.1, 0.15) is 18.1 Å². The highest BCUT2D eigenvalue weighted by Crippen LogP contribution is 2.34. The van der Waals surface area contributed by atoms with Crippen LogP contribution in [0.3, 0.4) is 0 Å². The first kappa shape index (κ1) is 33.4. The summed E-state index contributed by atoms with van der Waals surface area (Å²) in [6, 6.07) is 14.6. The summed E-state index contributed by atoms with van der Waals surface area (Å²) in [5.74, 6) is -0.379. The minimum absolute atomic E-state index is 0.141. The van der Waals surface area contributed by atoms with Crippen molar-refractivity contribution < 1.29 is 23.8 Å². The number of hydrazone groups is 1. The van der Waals surface area contributed by atoms with E-state index in [9.17, 15) is 9.59 Å². The number of hydrogen-bond donors (Lipinski definition) is 3. The van der Waals surface area contributed by atoms with Crippen LogP contribution in [0.1, 0.15) is 36.6 Å². The van der Waals surface area contributed by atoms with Crippen LogP contribution in [0.2, 0.25) is 20.1 Å². The number of nitrogens with zero attached hydrogens (tertiary/aromatic N) is 1. The SMILES string of the molecule is CCOC(=O)C1=C(C)NC(=S)N[C@H]1c1ccccc1OCC(=O)NN=Cc1cc(Cl)cc(Cl)c1OCc1ccc(Cl)c(Cl)c1. The highest BCUT2D eigenvalue weighted by molar-refractivity contribution is 7.80. The number of rotatable bonds is 11. The van der Waals surface area contributed by atoms with E-state index in [2.05, 4.69) is 21.2 Å². The van der Waals surface area contributed by atoms with Gasteiger partial charge in [-0.15, -0.1) is 0 Å². The molecule has 0 radical (unpaired) electrons. The summed E-state index contributed by atoms with van der Waals surface area (Å²) in [5, 5.41) is 11.8. The fourth-order valence-electron chi connectivity index (χ4n) is 4.22. The number of thiocarbonyl (C=S) groups is 1. The van der Waals surface area contributed by atoms with E-state index in [1.165, 1.54) is 12.3 Å². The van der Waals surface area contributed by atoms with E-state index >= 15 is 0 Å². The third kappa shape index (κ3) is 8.55. The molecule has 1 amide bonds. The van der Waals surface area contributed by atoms with Crippen molar-refractivity contribution in [2.45, 2.75) is 26.5 Å². The summed E-state index contributed by atoms with van der Waals surface area (Å²) in [4.78, 5) is 25.4. The lowest BCUT2D eigenvalue weighted by Crippen LogP contribution is -2.45. The minimum atomic E-state index is -0.657. The number of esters is 1. The molecule has 3 N–H and O–H groups in total. The Kier molecular flexibility index (Phi) is 11.7. The molecule has 0 aromatic heterocycles. The summed E-state index contributed by atoms with van der Waals surface area (Å²) < 4.78 is 17.0. The van der Waals surface area contributed by atoms with Crippen LogP contribution < -0.4 is 25.5 Å². The average Bonchev–Trinajstić information content (AvgIpc) is 2.97. The minimum Gasteiger partial charge on any atom is -0.487 e. The molecule has 0 saturated heterocycles. The Hall–Kier alpha value is -3.54. The van der Waals surface area contributed by atoms with Crippen LogP contribution in [-0.4, -0.2) is 36.4 Å². The van der Waals surface area contributed by atoms with Gasteiger partial charge in [0.25, 0.3) is 5.91 Å². The normalized spacial score (nSPS) is 14.6. The smallest absolute Gasteiger partial charge is 0.338 e. The van der Waals surface area contributed by atoms with Crippen molar-refractivity contribution in [3.8, 4) is 11.5 Å². The highest BCUT2D eigenvalue weighted by atomic mass is 35.5. The van der Waals surface area contributed by atoms with Crippen LogP contribution >= 0.6 is 58.6 Å².